The van der Waals surface area contributed by atoms with Crippen molar-refractivity contribution in [2.45, 2.75) is 26.4 Å². The second-order valence-corrected chi connectivity index (χ2v) is 5.42. The first-order valence-corrected chi connectivity index (χ1v) is 5.57. The van der Waals surface area contributed by atoms with Crippen molar-refractivity contribution in [3.8, 4) is 0 Å². The molecule has 0 spiro atoms. The fourth-order valence-electron chi connectivity index (χ4n) is 2.14. The number of allylic oxidation sites excluding steroid dienone is 1. The van der Waals surface area contributed by atoms with Gasteiger partial charge in [-0.2, -0.15) is 0 Å². The maximum Gasteiger partial charge on any atom is 0.410 e. The molecule has 1 saturated heterocycles. The molecular weight excluding hydrogens is 206 g/mol. The van der Waals surface area contributed by atoms with Crippen LogP contribution in [-0.2, 0) is 9.53 Å². The molecular formula is C12H17NO3. The van der Waals surface area contributed by atoms with Crippen LogP contribution in [0.2, 0.25) is 0 Å². The Morgan fingerprint density at radius 1 is 1.44 bits per heavy atom. The largest absolute Gasteiger partial charge is 0.444 e. The molecule has 0 radical (unpaired) electrons. The lowest BCUT2D eigenvalue weighted by molar-refractivity contribution is -0.117. The van der Waals surface area contributed by atoms with Crippen molar-refractivity contribution in [1.29, 1.82) is 0 Å². The normalized spacial score (nSPS) is 28.4. The van der Waals surface area contributed by atoms with E-state index < -0.39 is 5.60 Å². The van der Waals surface area contributed by atoms with Crippen molar-refractivity contribution >= 4 is 11.9 Å². The number of ketones is 1. The molecule has 0 bridgehead atoms. The lowest BCUT2D eigenvalue weighted by Gasteiger charge is -2.24. The maximum absolute atomic E-state index is 11.8. The number of carbonyl (C=O) groups is 2. The lowest BCUT2D eigenvalue weighted by Crippen LogP contribution is -2.36. The predicted molar refractivity (Wildman–Crippen MR) is 58.9 cm³/mol. The third kappa shape index (κ3) is 2.10. The summed E-state index contributed by atoms with van der Waals surface area (Å²) in [4.78, 5) is 24.8. The summed E-state index contributed by atoms with van der Waals surface area (Å²) in [6, 6.07) is 0. The Kier molecular flexibility index (Phi) is 2.52. The Morgan fingerprint density at radius 3 is 2.69 bits per heavy atom. The van der Waals surface area contributed by atoms with Crippen molar-refractivity contribution in [1.82, 2.24) is 4.90 Å². The number of rotatable bonds is 0. The van der Waals surface area contributed by atoms with E-state index in [0.29, 0.717) is 13.1 Å². The Bertz CT molecular complexity index is 354. The van der Waals surface area contributed by atoms with Crippen molar-refractivity contribution < 1.29 is 14.3 Å². The van der Waals surface area contributed by atoms with E-state index in [1.54, 1.807) is 11.0 Å². The van der Waals surface area contributed by atoms with Gasteiger partial charge in [-0.15, -0.1) is 0 Å². The number of carbonyl (C=O) groups excluding carboxylic acids is 2. The highest BCUT2D eigenvalue weighted by Crippen LogP contribution is 2.31. The van der Waals surface area contributed by atoms with Crippen LogP contribution in [0, 0.1) is 11.8 Å². The van der Waals surface area contributed by atoms with E-state index in [-0.39, 0.29) is 23.7 Å². The Labute approximate surface area is 95.2 Å². The maximum atomic E-state index is 11.8. The molecule has 0 saturated carbocycles. The molecule has 2 atom stereocenters. The average molecular weight is 223 g/mol. The van der Waals surface area contributed by atoms with Gasteiger partial charge >= 0.3 is 6.09 Å². The van der Waals surface area contributed by atoms with Crippen molar-refractivity contribution in [2.75, 3.05) is 13.1 Å². The van der Waals surface area contributed by atoms with E-state index in [1.807, 2.05) is 26.8 Å². The molecule has 2 aliphatic rings. The van der Waals surface area contributed by atoms with Crippen LogP contribution in [0.15, 0.2) is 12.2 Å². The quantitative estimate of drug-likeness (QED) is 0.626. The molecule has 1 amide bonds. The number of hydrogen-bond acceptors (Lipinski definition) is 3. The standard InChI is InChI=1S/C12H17NO3/c1-12(2,3)16-11(15)13-6-8-4-5-10(14)9(8)7-13/h4-5,8-9H,6-7H2,1-3H3/t8-,9-/m0/s1. The monoisotopic (exact) mass is 223 g/mol. The molecule has 0 aromatic carbocycles. The summed E-state index contributed by atoms with van der Waals surface area (Å²) >= 11 is 0. The number of nitrogens with zero attached hydrogens (tertiary/aromatic N) is 1. The predicted octanol–water partition coefficient (Wildman–Crippen LogP) is 1.61. The highest BCUT2D eigenvalue weighted by molar-refractivity contribution is 5.95. The number of likely N-dealkylation sites (tertiary alicyclic amines) is 1. The highest BCUT2D eigenvalue weighted by Gasteiger charge is 2.41. The summed E-state index contributed by atoms with van der Waals surface area (Å²) in [5, 5.41) is 0. The minimum Gasteiger partial charge on any atom is -0.444 e. The lowest BCUT2D eigenvalue weighted by atomic mass is 10.00. The van der Waals surface area contributed by atoms with Gasteiger partial charge in [0.05, 0.1) is 0 Å². The highest BCUT2D eigenvalue weighted by atomic mass is 16.6. The van der Waals surface area contributed by atoms with Crippen LogP contribution in [-0.4, -0.2) is 35.5 Å². The third-order valence-electron chi connectivity index (χ3n) is 2.89. The molecule has 1 heterocycles. The zero-order chi connectivity index (χ0) is 11.9. The molecule has 1 fully saturated rings. The fraction of sp³-hybridized carbons (Fsp3) is 0.667. The van der Waals surface area contributed by atoms with Crippen molar-refractivity contribution in [3.05, 3.63) is 12.2 Å². The zero-order valence-corrected chi connectivity index (χ0v) is 9.90. The van der Waals surface area contributed by atoms with Gasteiger partial charge in [0.25, 0.3) is 0 Å². The molecule has 2 rings (SSSR count). The van der Waals surface area contributed by atoms with E-state index in [1.165, 1.54) is 0 Å². The number of amides is 1. The van der Waals surface area contributed by atoms with Crippen LogP contribution < -0.4 is 0 Å². The topological polar surface area (TPSA) is 46.6 Å². The van der Waals surface area contributed by atoms with Crippen LogP contribution in [0.3, 0.4) is 0 Å². The van der Waals surface area contributed by atoms with Crippen LogP contribution >= 0.6 is 0 Å². The first-order chi connectivity index (χ1) is 7.37. The molecule has 4 nitrogen and oxygen atoms in total. The first kappa shape index (κ1) is 11.2. The van der Waals surface area contributed by atoms with Crippen molar-refractivity contribution in [3.63, 3.8) is 0 Å². The minimum atomic E-state index is -0.478. The average Bonchev–Trinajstić information content (AvgIpc) is 2.65. The van der Waals surface area contributed by atoms with E-state index in [4.69, 9.17) is 4.74 Å². The molecule has 88 valence electrons. The van der Waals surface area contributed by atoms with Gasteiger partial charge in [0.1, 0.15) is 5.60 Å². The molecule has 4 heteroatoms. The van der Waals surface area contributed by atoms with Gasteiger partial charge < -0.3 is 9.64 Å². The van der Waals surface area contributed by atoms with Gasteiger partial charge in [-0.3, -0.25) is 4.79 Å². The van der Waals surface area contributed by atoms with Gasteiger partial charge in [0, 0.05) is 24.9 Å². The third-order valence-corrected chi connectivity index (χ3v) is 2.89. The Balaban J connectivity index is 1.97. The van der Waals surface area contributed by atoms with E-state index in [0.717, 1.165) is 0 Å². The summed E-state index contributed by atoms with van der Waals surface area (Å²) in [7, 11) is 0. The van der Waals surface area contributed by atoms with Gasteiger partial charge in [0.15, 0.2) is 5.78 Å². The van der Waals surface area contributed by atoms with Gasteiger partial charge in [0.2, 0.25) is 0 Å². The van der Waals surface area contributed by atoms with Gasteiger partial charge in [-0.25, -0.2) is 4.79 Å². The zero-order valence-electron chi connectivity index (χ0n) is 9.90. The fourth-order valence-corrected chi connectivity index (χ4v) is 2.14. The second-order valence-electron chi connectivity index (χ2n) is 5.42. The number of ether oxygens (including phenoxy) is 1. The number of fused-ring (bicyclic) bond motifs is 1. The summed E-state index contributed by atoms with van der Waals surface area (Å²) < 4.78 is 5.27. The summed E-state index contributed by atoms with van der Waals surface area (Å²) in [6.45, 7) is 6.61. The molecule has 0 aromatic heterocycles. The van der Waals surface area contributed by atoms with E-state index in [2.05, 4.69) is 0 Å². The van der Waals surface area contributed by atoms with Crippen LogP contribution in [0.1, 0.15) is 20.8 Å². The minimum absolute atomic E-state index is 0.0347. The van der Waals surface area contributed by atoms with Gasteiger partial charge in [-0.05, 0) is 26.8 Å². The summed E-state index contributed by atoms with van der Waals surface area (Å²) in [5.74, 6) is 0.295. The smallest absolute Gasteiger partial charge is 0.410 e. The molecule has 0 aromatic rings. The summed E-state index contributed by atoms with van der Waals surface area (Å²) in [6.07, 6.45) is 3.21. The van der Waals surface area contributed by atoms with Crippen LogP contribution in [0.5, 0.6) is 0 Å². The van der Waals surface area contributed by atoms with E-state index >= 15 is 0 Å². The Morgan fingerprint density at radius 2 is 2.12 bits per heavy atom. The van der Waals surface area contributed by atoms with E-state index in [9.17, 15) is 9.59 Å². The molecule has 1 aliphatic heterocycles. The number of hydrogen-bond donors (Lipinski definition) is 0. The SMILES string of the molecule is CC(C)(C)OC(=O)N1C[C@@H]2C(=O)C=C[C@H]2C1. The van der Waals surface area contributed by atoms with Gasteiger partial charge in [-0.1, -0.05) is 6.08 Å². The molecule has 0 N–H and O–H groups in total. The molecule has 16 heavy (non-hydrogen) atoms. The Hall–Kier alpha value is -1.32. The van der Waals surface area contributed by atoms with Crippen molar-refractivity contribution in [2.24, 2.45) is 11.8 Å². The molecule has 1 aliphatic carbocycles. The first-order valence-electron chi connectivity index (χ1n) is 5.57. The van der Waals surface area contributed by atoms with Crippen LogP contribution in [0.4, 0.5) is 4.79 Å². The summed E-state index contributed by atoms with van der Waals surface area (Å²) in [5.41, 5.74) is -0.478. The second kappa shape index (κ2) is 3.61. The van der Waals surface area contributed by atoms with Crippen LogP contribution in [0.25, 0.3) is 0 Å². The molecule has 0 unspecified atom stereocenters.